The van der Waals surface area contributed by atoms with Gasteiger partial charge in [0.1, 0.15) is 16.8 Å². The van der Waals surface area contributed by atoms with Crippen molar-refractivity contribution in [2.24, 2.45) is 0 Å². The summed E-state index contributed by atoms with van der Waals surface area (Å²) >= 11 is 6.04. The van der Waals surface area contributed by atoms with Crippen molar-refractivity contribution >= 4 is 23.3 Å². The van der Waals surface area contributed by atoms with E-state index in [1.807, 2.05) is 41.7 Å². The van der Waals surface area contributed by atoms with E-state index in [1.54, 1.807) is 11.0 Å². The molecule has 0 aromatic carbocycles. The van der Waals surface area contributed by atoms with E-state index in [2.05, 4.69) is 15.3 Å². The number of nitrogens with zero attached hydrogens (tertiary/aromatic N) is 3. The first-order valence-electron chi connectivity index (χ1n) is 6.65. The number of carbonyl (C=O) groups excluding carboxylic acids is 1. The van der Waals surface area contributed by atoms with Gasteiger partial charge in [-0.05, 0) is 13.8 Å². The van der Waals surface area contributed by atoms with E-state index < -0.39 is 0 Å². The molecular weight excluding hydrogens is 276 g/mol. The summed E-state index contributed by atoms with van der Waals surface area (Å²) in [6, 6.07) is 1.79. The van der Waals surface area contributed by atoms with Crippen molar-refractivity contribution in [3.63, 3.8) is 0 Å². The van der Waals surface area contributed by atoms with Gasteiger partial charge in [-0.15, -0.1) is 0 Å². The molecule has 20 heavy (non-hydrogen) atoms. The van der Waals surface area contributed by atoms with Crippen LogP contribution in [0.3, 0.4) is 0 Å². The predicted molar refractivity (Wildman–Crippen MR) is 82.3 cm³/mol. The van der Waals surface area contributed by atoms with Gasteiger partial charge in [0.2, 0.25) is 5.91 Å². The molecule has 1 aromatic rings. The molecule has 1 N–H and O–H groups in total. The van der Waals surface area contributed by atoms with Gasteiger partial charge in [-0.2, -0.15) is 0 Å². The van der Waals surface area contributed by atoms with Crippen LogP contribution in [0.1, 0.15) is 40.4 Å². The Morgan fingerprint density at radius 2 is 2.00 bits per heavy atom. The Morgan fingerprint density at radius 3 is 2.50 bits per heavy atom. The minimum atomic E-state index is -0.194. The van der Waals surface area contributed by atoms with E-state index in [0.717, 1.165) is 0 Å². The summed E-state index contributed by atoms with van der Waals surface area (Å²) in [5, 5.41) is 3.23. The van der Waals surface area contributed by atoms with Crippen LogP contribution in [0.25, 0.3) is 0 Å². The maximum atomic E-state index is 11.8. The second-order valence-corrected chi connectivity index (χ2v) is 6.59. The summed E-state index contributed by atoms with van der Waals surface area (Å²) in [6.45, 7) is 10.2. The molecule has 0 radical (unpaired) electrons. The fraction of sp³-hybridized carbons (Fsp3) is 0.643. The molecule has 0 saturated carbocycles. The van der Waals surface area contributed by atoms with Crippen LogP contribution in [0.2, 0.25) is 5.15 Å². The number of nitrogens with one attached hydrogen (secondary N) is 1. The van der Waals surface area contributed by atoms with Crippen LogP contribution in [-0.4, -0.2) is 35.5 Å². The summed E-state index contributed by atoms with van der Waals surface area (Å²) in [5.41, 5.74) is -0.194. The zero-order valence-corrected chi connectivity index (χ0v) is 13.7. The minimum absolute atomic E-state index is 0.0467. The van der Waals surface area contributed by atoms with E-state index in [0.29, 0.717) is 16.8 Å². The Balaban J connectivity index is 2.90. The van der Waals surface area contributed by atoms with Gasteiger partial charge >= 0.3 is 0 Å². The molecule has 0 bridgehead atoms. The number of carbonyl (C=O) groups is 1. The van der Waals surface area contributed by atoms with Gasteiger partial charge in [0, 0.05) is 24.6 Å². The third-order valence-electron chi connectivity index (χ3n) is 2.57. The maximum Gasteiger partial charge on any atom is 0.239 e. The lowest BCUT2D eigenvalue weighted by atomic mass is 9.96. The second-order valence-electron chi connectivity index (χ2n) is 6.20. The average Bonchev–Trinajstić information content (AvgIpc) is 2.25. The quantitative estimate of drug-likeness (QED) is 0.867. The summed E-state index contributed by atoms with van der Waals surface area (Å²) in [7, 11) is 1.81. The standard InChI is InChI=1S/C14H23ClN4O/c1-9(2)16-12(20)8-19(6)11-7-10(15)17-13(18-11)14(3,4)5/h7,9H,8H2,1-6H3,(H,16,20). The lowest BCUT2D eigenvalue weighted by molar-refractivity contribution is -0.120. The number of halogens is 1. The van der Waals surface area contributed by atoms with Crippen LogP contribution in [0, 0.1) is 0 Å². The zero-order chi connectivity index (χ0) is 15.5. The Labute approximate surface area is 125 Å². The number of hydrogen-bond acceptors (Lipinski definition) is 4. The first kappa shape index (κ1) is 16.7. The van der Waals surface area contributed by atoms with Crippen molar-refractivity contribution < 1.29 is 4.79 Å². The Hall–Kier alpha value is -1.36. The topological polar surface area (TPSA) is 58.1 Å². The molecule has 0 unspecified atom stereocenters. The van der Waals surface area contributed by atoms with Gasteiger partial charge in [-0.3, -0.25) is 4.79 Å². The van der Waals surface area contributed by atoms with E-state index in [4.69, 9.17) is 11.6 Å². The molecule has 0 spiro atoms. The van der Waals surface area contributed by atoms with Crippen molar-refractivity contribution in [1.82, 2.24) is 15.3 Å². The molecule has 0 aliphatic carbocycles. The van der Waals surface area contributed by atoms with Crippen molar-refractivity contribution in [3.05, 3.63) is 17.0 Å². The Morgan fingerprint density at radius 1 is 1.40 bits per heavy atom. The van der Waals surface area contributed by atoms with Gasteiger partial charge < -0.3 is 10.2 Å². The number of likely N-dealkylation sites (N-methyl/N-ethyl adjacent to an activating group) is 1. The van der Waals surface area contributed by atoms with Gasteiger partial charge in [0.25, 0.3) is 0 Å². The lowest BCUT2D eigenvalue weighted by Crippen LogP contribution is -2.39. The van der Waals surface area contributed by atoms with E-state index >= 15 is 0 Å². The number of amides is 1. The Kier molecular flexibility index (Phi) is 5.34. The number of rotatable bonds is 4. The van der Waals surface area contributed by atoms with Gasteiger partial charge in [-0.1, -0.05) is 32.4 Å². The van der Waals surface area contributed by atoms with Crippen LogP contribution in [0.5, 0.6) is 0 Å². The van der Waals surface area contributed by atoms with Crippen molar-refractivity contribution in [1.29, 1.82) is 0 Å². The first-order chi connectivity index (χ1) is 9.09. The molecule has 0 atom stereocenters. The largest absolute Gasteiger partial charge is 0.352 e. The second kappa shape index (κ2) is 6.39. The highest BCUT2D eigenvalue weighted by Crippen LogP contribution is 2.23. The zero-order valence-electron chi connectivity index (χ0n) is 13.0. The molecule has 1 amide bonds. The van der Waals surface area contributed by atoms with Crippen molar-refractivity contribution in [2.45, 2.75) is 46.1 Å². The first-order valence-corrected chi connectivity index (χ1v) is 7.03. The summed E-state index contributed by atoms with van der Waals surface area (Å²) < 4.78 is 0. The number of aromatic nitrogens is 2. The third kappa shape index (κ3) is 4.96. The molecule has 6 heteroatoms. The Bertz CT molecular complexity index is 483. The highest BCUT2D eigenvalue weighted by molar-refractivity contribution is 6.29. The molecule has 1 heterocycles. The van der Waals surface area contributed by atoms with Crippen molar-refractivity contribution in [3.8, 4) is 0 Å². The lowest BCUT2D eigenvalue weighted by Gasteiger charge is -2.22. The van der Waals surface area contributed by atoms with Gasteiger partial charge in [0.15, 0.2) is 0 Å². The minimum Gasteiger partial charge on any atom is -0.352 e. The monoisotopic (exact) mass is 298 g/mol. The van der Waals surface area contributed by atoms with E-state index in [-0.39, 0.29) is 23.9 Å². The molecule has 5 nitrogen and oxygen atoms in total. The SMILES string of the molecule is CC(C)NC(=O)CN(C)c1cc(Cl)nc(C(C)(C)C)n1. The fourth-order valence-electron chi connectivity index (χ4n) is 1.60. The molecule has 0 fully saturated rings. The third-order valence-corrected chi connectivity index (χ3v) is 2.77. The van der Waals surface area contributed by atoms with E-state index in [9.17, 15) is 4.79 Å². The van der Waals surface area contributed by atoms with Crippen LogP contribution in [0.15, 0.2) is 6.07 Å². The summed E-state index contributed by atoms with van der Waals surface area (Å²) in [5.74, 6) is 1.26. The van der Waals surface area contributed by atoms with Crippen LogP contribution in [-0.2, 0) is 10.2 Å². The molecule has 1 aromatic heterocycles. The molecule has 0 aliphatic heterocycles. The summed E-state index contributed by atoms with van der Waals surface area (Å²) in [6.07, 6.45) is 0. The normalized spacial score (nSPS) is 11.6. The van der Waals surface area contributed by atoms with Gasteiger partial charge in [-0.25, -0.2) is 9.97 Å². The smallest absolute Gasteiger partial charge is 0.239 e. The van der Waals surface area contributed by atoms with Crippen LogP contribution < -0.4 is 10.2 Å². The van der Waals surface area contributed by atoms with Crippen LogP contribution >= 0.6 is 11.6 Å². The maximum absolute atomic E-state index is 11.8. The predicted octanol–water partition coefficient (Wildman–Crippen LogP) is 2.39. The van der Waals surface area contributed by atoms with Crippen LogP contribution in [0.4, 0.5) is 5.82 Å². The highest BCUT2D eigenvalue weighted by Gasteiger charge is 2.20. The van der Waals surface area contributed by atoms with E-state index in [1.165, 1.54) is 0 Å². The van der Waals surface area contributed by atoms with Gasteiger partial charge in [0.05, 0.1) is 6.54 Å². The number of hydrogen-bond donors (Lipinski definition) is 1. The highest BCUT2D eigenvalue weighted by atomic mass is 35.5. The molecule has 112 valence electrons. The molecule has 1 rings (SSSR count). The summed E-state index contributed by atoms with van der Waals surface area (Å²) in [4.78, 5) is 22.3. The molecular formula is C14H23ClN4O. The molecule has 0 aliphatic rings. The van der Waals surface area contributed by atoms with Crippen molar-refractivity contribution in [2.75, 3.05) is 18.5 Å². The fourth-order valence-corrected chi connectivity index (χ4v) is 1.78. The molecule has 0 saturated heterocycles. The number of anilines is 1. The average molecular weight is 299 g/mol.